The third kappa shape index (κ3) is 3.11. The molecule has 0 saturated carbocycles. The first-order chi connectivity index (χ1) is 13.5. The molecule has 2 aromatic heterocycles. The number of rotatable bonds is 3. The first kappa shape index (κ1) is 18.4. The fourth-order valence-electron chi connectivity index (χ4n) is 3.64. The third-order valence-corrected chi connectivity index (χ3v) is 5.20. The molecule has 1 aliphatic rings. The number of hydrogen-bond donors (Lipinski definition) is 1. The van der Waals surface area contributed by atoms with Gasteiger partial charge in [-0.15, -0.1) is 0 Å². The van der Waals surface area contributed by atoms with Gasteiger partial charge in [0.2, 0.25) is 5.95 Å². The van der Waals surface area contributed by atoms with Gasteiger partial charge in [-0.2, -0.15) is 4.98 Å². The highest BCUT2D eigenvalue weighted by Crippen LogP contribution is 2.22. The lowest BCUT2D eigenvalue weighted by Crippen LogP contribution is -2.37. The Morgan fingerprint density at radius 1 is 1.07 bits per heavy atom. The molecule has 3 aromatic rings. The summed E-state index contributed by atoms with van der Waals surface area (Å²) in [6, 6.07) is 6.19. The fraction of sp³-hybridized carbons (Fsp3) is 0.421. The second kappa shape index (κ2) is 7.23. The van der Waals surface area contributed by atoms with Crippen LogP contribution in [0, 0.1) is 5.82 Å². The number of aromatic nitrogens is 4. The van der Waals surface area contributed by atoms with Crippen molar-refractivity contribution in [2.24, 2.45) is 14.1 Å². The number of aryl methyl sites for hydroxylation is 1. The van der Waals surface area contributed by atoms with Gasteiger partial charge in [0.1, 0.15) is 5.82 Å². The molecule has 1 aromatic carbocycles. The quantitative estimate of drug-likeness (QED) is 0.706. The van der Waals surface area contributed by atoms with Crippen molar-refractivity contribution in [2.75, 3.05) is 31.1 Å². The second-order valence-corrected chi connectivity index (χ2v) is 7.09. The minimum Gasteiger partial charge on any atom is -0.341 e. The Labute approximate surface area is 160 Å². The topological polar surface area (TPSA) is 77.1 Å². The maximum Gasteiger partial charge on any atom is 0.332 e. The monoisotopic (exact) mass is 386 g/mol. The van der Waals surface area contributed by atoms with Gasteiger partial charge in [-0.1, -0.05) is 12.1 Å². The highest BCUT2D eigenvalue weighted by Gasteiger charge is 2.23. The van der Waals surface area contributed by atoms with Crippen molar-refractivity contribution in [1.82, 2.24) is 24.0 Å². The van der Waals surface area contributed by atoms with E-state index in [1.54, 1.807) is 19.2 Å². The number of halogens is 1. The molecule has 1 fully saturated rings. The average Bonchev–Trinajstić information content (AvgIpc) is 2.87. The molecular formula is C19H23FN6O2. The van der Waals surface area contributed by atoms with E-state index in [9.17, 15) is 14.0 Å². The summed E-state index contributed by atoms with van der Waals surface area (Å²) in [5.74, 6) is 0.345. The Kier molecular flexibility index (Phi) is 4.76. The van der Waals surface area contributed by atoms with E-state index < -0.39 is 5.69 Å². The maximum atomic E-state index is 13.3. The Balaban J connectivity index is 1.94. The normalized spacial score (nSPS) is 15.2. The van der Waals surface area contributed by atoms with E-state index in [0.717, 1.165) is 42.7 Å². The van der Waals surface area contributed by atoms with Crippen molar-refractivity contribution in [3.8, 4) is 0 Å². The zero-order chi connectivity index (χ0) is 19.8. The second-order valence-electron chi connectivity index (χ2n) is 7.09. The zero-order valence-electron chi connectivity index (χ0n) is 16.0. The van der Waals surface area contributed by atoms with Crippen molar-refractivity contribution in [3.63, 3.8) is 0 Å². The van der Waals surface area contributed by atoms with E-state index in [-0.39, 0.29) is 11.4 Å². The minimum atomic E-state index is -0.409. The molecule has 1 N–H and O–H groups in total. The molecule has 0 aliphatic carbocycles. The van der Waals surface area contributed by atoms with Gasteiger partial charge in [0.05, 0.1) is 6.54 Å². The van der Waals surface area contributed by atoms with Gasteiger partial charge in [0.15, 0.2) is 11.2 Å². The molecule has 28 heavy (non-hydrogen) atoms. The van der Waals surface area contributed by atoms with Crippen LogP contribution in [-0.4, -0.2) is 44.9 Å². The van der Waals surface area contributed by atoms with Crippen LogP contribution in [0.5, 0.6) is 0 Å². The largest absolute Gasteiger partial charge is 0.341 e. The van der Waals surface area contributed by atoms with Crippen molar-refractivity contribution in [1.29, 1.82) is 0 Å². The Bertz CT molecular complexity index is 1120. The van der Waals surface area contributed by atoms with Gasteiger partial charge < -0.3 is 10.2 Å². The molecule has 9 heteroatoms. The van der Waals surface area contributed by atoms with E-state index in [0.29, 0.717) is 23.7 Å². The highest BCUT2D eigenvalue weighted by atomic mass is 19.1. The van der Waals surface area contributed by atoms with Gasteiger partial charge >= 0.3 is 5.69 Å². The third-order valence-electron chi connectivity index (χ3n) is 5.20. The summed E-state index contributed by atoms with van der Waals surface area (Å²) < 4.78 is 17.7. The lowest BCUT2D eigenvalue weighted by atomic mass is 10.2. The van der Waals surface area contributed by atoms with Crippen LogP contribution in [0.4, 0.5) is 10.3 Å². The summed E-state index contributed by atoms with van der Waals surface area (Å²) in [5, 5.41) is 3.36. The van der Waals surface area contributed by atoms with Crippen LogP contribution in [0.2, 0.25) is 0 Å². The van der Waals surface area contributed by atoms with Gasteiger partial charge in [-0.3, -0.25) is 18.5 Å². The molecule has 3 heterocycles. The van der Waals surface area contributed by atoms with Crippen LogP contribution >= 0.6 is 0 Å². The number of imidazole rings is 1. The van der Waals surface area contributed by atoms with Gasteiger partial charge in [-0.25, -0.2) is 9.18 Å². The van der Waals surface area contributed by atoms with Gasteiger partial charge in [0.25, 0.3) is 5.56 Å². The number of fused-ring (bicyclic) bond motifs is 1. The van der Waals surface area contributed by atoms with E-state index in [4.69, 9.17) is 4.98 Å². The van der Waals surface area contributed by atoms with E-state index in [1.165, 1.54) is 23.7 Å². The summed E-state index contributed by atoms with van der Waals surface area (Å²) in [4.78, 5) is 32.1. The van der Waals surface area contributed by atoms with E-state index in [1.807, 2.05) is 4.57 Å². The summed E-state index contributed by atoms with van der Waals surface area (Å²) >= 11 is 0. The molecule has 8 nitrogen and oxygen atoms in total. The minimum absolute atomic E-state index is 0.309. The Hall–Kier alpha value is -2.94. The summed E-state index contributed by atoms with van der Waals surface area (Å²) in [6.45, 7) is 3.66. The number of benzene rings is 1. The smallest absolute Gasteiger partial charge is 0.332 e. The Morgan fingerprint density at radius 3 is 2.57 bits per heavy atom. The first-order valence-corrected chi connectivity index (χ1v) is 9.33. The summed E-state index contributed by atoms with van der Waals surface area (Å²) in [6.07, 6.45) is 0.955. The predicted molar refractivity (Wildman–Crippen MR) is 105 cm³/mol. The van der Waals surface area contributed by atoms with Crippen molar-refractivity contribution < 1.29 is 4.39 Å². The van der Waals surface area contributed by atoms with E-state index >= 15 is 0 Å². The first-order valence-electron chi connectivity index (χ1n) is 9.33. The number of nitrogens with one attached hydrogen (secondary N) is 1. The molecule has 0 bridgehead atoms. The van der Waals surface area contributed by atoms with Crippen molar-refractivity contribution in [2.45, 2.75) is 13.0 Å². The summed E-state index contributed by atoms with van der Waals surface area (Å²) in [5.41, 5.74) is 0.800. The van der Waals surface area contributed by atoms with Crippen LogP contribution < -0.4 is 21.5 Å². The maximum absolute atomic E-state index is 13.3. The van der Waals surface area contributed by atoms with Crippen molar-refractivity contribution >= 4 is 17.1 Å². The molecule has 1 aliphatic heterocycles. The lowest BCUT2D eigenvalue weighted by molar-refractivity contribution is 0.626. The number of anilines is 1. The highest BCUT2D eigenvalue weighted by molar-refractivity contribution is 5.74. The molecule has 0 spiro atoms. The van der Waals surface area contributed by atoms with Crippen LogP contribution in [0.3, 0.4) is 0 Å². The van der Waals surface area contributed by atoms with Crippen LogP contribution in [-0.2, 0) is 20.6 Å². The summed E-state index contributed by atoms with van der Waals surface area (Å²) in [7, 11) is 3.09. The van der Waals surface area contributed by atoms with Crippen LogP contribution in [0.25, 0.3) is 11.2 Å². The van der Waals surface area contributed by atoms with Gasteiger partial charge in [0, 0.05) is 33.7 Å². The molecule has 1 saturated heterocycles. The molecule has 0 atom stereocenters. The lowest BCUT2D eigenvalue weighted by Gasteiger charge is -2.22. The number of nitrogens with zero attached hydrogens (tertiary/aromatic N) is 5. The molecule has 148 valence electrons. The van der Waals surface area contributed by atoms with Gasteiger partial charge in [-0.05, 0) is 30.7 Å². The Morgan fingerprint density at radius 2 is 1.82 bits per heavy atom. The standard InChI is InChI=1S/C19H23FN6O2/c1-23-16-15(17(27)24(2)19(23)28)26(12-13-4-6-14(20)7-5-13)18(22-16)25-10-3-8-21-9-11-25/h4-7,21H,3,8-12H2,1-2H3. The molecular weight excluding hydrogens is 363 g/mol. The SMILES string of the molecule is Cn1c(=O)c2c(nc(N3CCCNCC3)n2Cc2ccc(F)cc2)n(C)c1=O. The fourth-order valence-corrected chi connectivity index (χ4v) is 3.64. The zero-order valence-corrected chi connectivity index (χ0v) is 16.0. The van der Waals surface area contributed by atoms with E-state index in [2.05, 4.69) is 10.2 Å². The molecule has 0 amide bonds. The number of hydrogen-bond acceptors (Lipinski definition) is 5. The average molecular weight is 386 g/mol. The van der Waals surface area contributed by atoms with Crippen molar-refractivity contribution in [3.05, 3.63) is 56.5 Å². The molecule has 4 rings (SSSR count). The molecule has 0 radical (unpaired) electrons. The van der Waals surface area contributed by atoms with Crippen LogP contribution in [0.15, 0.2) is 33.9 Å². The predicted octanol–water partition coefficient (Wildman–Crippen LogP) is 0.421. The molecule has 0 unspecified atom stereocenters. The van der Waals surface area contributed by atoms with Crippen LogP contribution in [0.1, 0.15) is 12.0 Å².